The molecule has 0 spiro atoms. The van der Waals surface area contributed by atoms with Crippen LogP contribution in [-0.4, -0.2) is 33.9 Å². The fraction of sp³-hybridized carbons (Fsp3) is 0.444. The molecule has 0 saturated carbocycles. The number of aliphatic hydroxyl groups is 1. The molecule has 2 rings (SSSR count). The third-order valence-corrected chi connectivity index (χ3v) is 3.95. The van der Waals surface area contributed by atoms with E-state index in [1.54, 1.807) is 37.1 Å². The molecule has 27 heavy (non-hydrogen) atoms. The van der Waals surface area contributed by atoms with Crippen LogP contribution in [0.4, 0.5) is 13.2 Å². The second-order valence-electron chi connectivity index (χ2n) is 6.42. The molecule has 148 valence electrons. The Kier molecular flexibility index (Phi) is 6.48. The van der Waals surface area contributed by atoms with Gasteiger partial charge in [-0.25, -0.2) is 4.99 Å². The Hall–Kier alpha value is -2.55. The number of guanidine groups is 1. The van der Waals surface area contributed by atoms with Crippen LogP contribution < -0.4 is 10.6 Å². The molecule has 2 aromatic rings. The zero-order valence-corrected chi connectivity index (χ0v) is 15.5. The highest BCUT2D eigenvalue weighted by Gasteiger charge is 2.30. The molecule has 0 saturated heterocycles. The van der Waals surface area contributed by atoms with Gasteiger partial charge in [-0.05, 0) is 31.5 Å². The number of aliphatic imine (C=N–C) groups is 1. The van der Waals surface area contributed by atoms with Crippen LogP contribution in [0.5, 0.6) is 0 Å². The smallest absolute Gasteiger partial charge is 0.383 e. The Morgan fingerprint density at radius 2 is 2.00 bits per heavy atom. The van der Waals surface area contributed by atoms with E-state index in [-0.39, 0.29) is 13.1 Å². The minimum absolute atomic E-state index is 0.0777. The van der Waals surface area contributed by atoms with Crippen molar-refractivity contribution in [3.8, 4) is 0 Å². The first-order valence-corrected chi connectivity index (χ1v) is 8.51. The first kappa shape index (κ1) is 20.8. The van der Waals surface area contributed by atoms with E-state index in [1.165, 1.54) is 6.07 Å². The molecule has 0 aliphatic rings. The number of hydrogen-bond donors (Lipinski definition) is 3. The van der Waals surface area contributed by atoms with Gasteiger partial charge in [0.2, 0.25) is 0 Å². The molecule has 9 heteroatoms. The largest absolute Gasteiger partial charge is 0.416 e. The van der Waals surface area contributed by atoms with E-state index in [0.717, 1.165) is 12.1 Å². The van der Waals surface area contributed by atoms with Gasteiger partial charge in [-0.15, -0.1) is 0 Å². The Labute approximate surface area is 156 Å². The summed E-state index contributed by atoms with van der Waals surface area (Å²) < 4.78 is 40.0. The molecular weight excluding hydrogens is 359 g/mol. The van der Waals surface area contributed by atoms with Gasteiger partial charge in [-0.3, -0.25) is 4.68 Å². The third-order valence-electron chi connectivity index (χ3n) is 3.95. The van der Waals surface area contributed by atoms with Gasteiger partial charge in [-0.2, -0.15) is 18.3 Å². The maximum atomic E-state index is 12.8. The summed E-state index contributed by atoms with van der Waals surface area (Å²) in [5, 5.41) is 20.7. The van der Waals surface area contributed by atoms with Crippen molar-refractivity contribution in [1.82, 2.24) is 20.4 Å². The van der Waals surface area contributed by atoms with Crippen molar-refractivity contribution < 1.29 is 18.3 Å². The summed E-state index contributed by atoms with van der Waals surface area (Å²) in [6.07, 6.45) is -1.09. The Morgan fingerprint density at radius 3 is 2.59 bits per heavy atom. The average Bonchev–Trinajstić information content (AvgIpc) is 3.04. The van der Waals surface area contributed by atoms with Crippen molar-refractivity contribution in [2.24, 2.45) is 12.0 Å². The maximum absolute atomic E-state index is 12.8. The van der Waals surface area contributed by atoms with E-state index < -0.39 is 17.3 Å². The van der Waals surface area contributed by atoms with Crippen LogP contribution in [0.2, 0.25) is 0 Å². The lowest BCUT2D eigenvalue weighted by Crippen LogP contribution is -2.44. The molecular formula is C18H24F3N5O. The van der Waals surface area contributed by atoms with Crippen LogP contribution in [0.3, 0.4) is 0 Å². The monoisotopic (exact) mass is 383 g/mol. The van der Waals surface area contributed by atoms with Crippen LogP contribution in [0.25, 0.3) is 0 Å². The molecule has 0 aliphatic heterocycles. The van der Waals surface area contributed by atoms with Gasteiger partial charge in [0, 0.05) is 25.4 Å². The molecule has 0 fully saturated rings. The van der Waals surface area contributed by atoms with E-state index in [4.69, 9.17) is 0 Å². The summed E-state index contributed by atoms with van der Waals surface area (Å²) in [5.74, 6) is 0.402. The zero-order valence-electron chi connectivity index (χ0n) is 15.5. The number of nitrogens with one attached hydrogen (secondary N) is 2. The summed E-state index contributed by atoms with van der Waals surface area (Å²) in [7, 11) is 1.76. The first-order chi connectivity index (χ1) is 12.6. The number of rotatable bonds is 6. The Bertz CT molecular complexity index is 783. The van der Waals surface area contributed by atoms with E-state index >= 15 is 0 Å². The highest BCUT2D eigenvalue weighted by atomic mass is 19.4. The van der Waals surface area contributed by atoms with Gasteiger partial charge in [0.05, 0.1) is 24.8 Å². The molecule has 6 nitrogen and oxygen atoms in total. The molecule has 0 amide bonds. The van der Waals surface area contributed by atoms with E-state index in [9.17, 15) is 18.3 Å². The topological polar surface area (TPSA) is 74.5 Å². The molecule has 3 N–H and O–H groups in total. The maximum Gasteiger partial charge on any atom is 0.416 e. The lowest BCUT2D eigenvalue weighted by molar-refractivity contribution is -0.137. The van der Waals surface area contributed by atoms with Crippen LogP contribution in [-0.2, 0) is 25.4 Å². The van der Waals surface area contributed by atoms with Crippen molar-refractivity contribution in [2.75, 3.05) is 13.1 Å². The molecule has 1 heterocycles. The van der Waals surface area contributed by atoms with Crippen molar-refractivity contribution in [1.29, 1.82) is 0 Å². The zero-order chi connectivity index (χ0) is 20.1. The number of alkyl halides is 3. The van der Waals surface area contributed by atoms with Crippen LogP contribution in [0, 0.1) is 0 Å². The van der Waals surface area contributed by atoms with E-state index in [0.29, 0.717) is 23.6 Å². The van der Waals surface area contributed by atoms with E-state index in [1.807, 2.05) is 6.92 Å². The number of halogens is 3. The number of hydrogen-bond acceptors (Lipinski definition) is 3. The van der Waals surface area contributed by atoms with Crippen LogP contribution in [0.1, 0.15) is 30.5 Å². The minimum Gasteiger partial charge on any atom is -0.383 e. The third kappa shape index (κ3) is 5.99. The molecule has 1 atom stereocenters. The molecule has 0 radical (unpaired) electrons. The Morgan fingerprint density at radius 1 is 1.26 bits per heavy atom. The molecule has 1 aromatic carbocycles. The first-order valence-electron chi connectivity index (χ1n) is 8.51. The lowest BCUT2D eigenvalue weighted by atomic mass is 10.00. The van der Waals surface area contributed by atoms with Crippen molar-refractivity contribution in [3.05, 3.63) is 53.3 Å². The molecule has 0 aliphatic carbocycles. The standard InChI is InChI=1S/C18H24F3N5O/c1-4-22-16(24-12-17(2,27)15-10-25-26(3)11-15)23-9-13-6-5-7-14(8-13)18(19,20)21/h5-8,10-11,27H,4,9,12H2,1-3H3,(H2,22,23,24). The van der Waals surface area contributed by atoms with Crippen molar-refractivity contribution >= 4 is 5.96 Å². The highest BCUT2D eigenvalue weighted by molar-refractivity contribution is 5.79. The fourth-order valence-electron chi connectivity index (χ4n) is 2.42. The Balaban J connectivity index is 2.06. The fourth-order valence-corrected chi connectivity index (χ4v) is 2.42. The number of aryl methyl sites for hydroxylation is 1. The van der Waals surface area contributed by atoms with E-state index in [2.05, 4.69) is 20.7 Å². The van der Waals surface area contributed by atoms with Crippen molar-refractivity contribution in [3.63, 3.8) is 0 Å². The summed E-state index contributed by atoms with van der Waals surface area (Å²) in [4.78, 5) is 4.30. The number of benzene rings is 1. The van der Waals surface area contributed by atoms with Crippen LogP contribution >= 0.6 is 0 Å². The van der Waals surface area contributed by atoms with Gasteiger partial charge in [0.15, 0.2) is 5.96 Å². The minimum atomic E-state index is -4.38. The molecule has 1 aromatic heterocycles. The molecule has 0 bridgehead atoms. The second-order valence-corrected chi connectivity index (χ2v) is 6.42. The predicted molar refractivity (Wildman–Crippen MR) is 97.0 cm³/mol. The highest BCUT2D eigenvalue weighted by Crippen LogP contribution is 2.29. The van der Waals surface area contributed by atoms with Crippen LogP contribution in [0.15, 0.2) is 41.7 Å². The average molecular weight is 383 g/mol. The number of aromatic nitrogens is 2. The summed E-state index contributed by atoms with van der Waals surface area (Å²) in [6.45, 7) is 4.33. The SMILES string of the molecule is CCNC(=NCc1cccc(C(F)(F)F)c1)NCC(C)(O)c1cnn(C)c1. The summed E-state index contributed by atoms with van der Waals surface area (Å²) in [5.41, 5.74) is -0.791. The second kappa shape index (κ2) is 8.43. The van der Waals surface area contributed by atoms with Gasteiger partial charge in [0.1, 0.15) is 5.60 Å². The van der Waals surface area contributed by atoms with Gasteiger partial charge in [-0.1, -0.05) is 12.1 Å². The van der Waals surface area contributed by atoms with Gasteiger partial charge < -0.3 is 15.7 Å². The summed E-state index contributed by atoms with van der Waals surface area (Å²) >= 11 is 0. The summed E-state index contributed by atoms with van der Waals surface area (Å²) in [6, 6.07) is 5.07. The normalized spacial score (nSPS) is 14.7. The number of nitrogens with zero attached hydrogens (tertiary/aromatic N) is 3. The van der Waals surface area contributed by atoms with Crippen molar-refractivity contribution in [2.45, 2.75) is 32.2 Å². The molecule has 1 unspecified atom stereocenters. The van der Waals surface area contributed by atoms with Gasteiger partial charge in [0.25, 0.3) is 0 Å². The predicted octanol–water partition coefficient (Wildman–Crippen LogP) is 2.40. The quantitative estimate of drug-likeness (QED) is 0.529. The van der Waals surface area contributed by atoms with Gasteiger partial charge >= 0.3 is 6.18 Å². The lowest BCUT2D eigenvalue weighted by Gasteiger charge is -2.23.